The molecule has 8 nitrogen and oxygen atoms in total. The van der Waals surface area contributed by atoms with Crippen LogP contribution in [0.2, 0.25) is 5.02 Å². The molecule has 2 aromatic carbocycles. The molecule has 2 aromatic heterocycles. The van der Waals surface area contributed by atoms with Crippen molar-refractivity contribution in [3.63, 3.8) is 0 Å². The van der Waals surface area contributed by atoms with E-state index in [0.29, 0.717) is 40.6 Å². The van der Waals surface area contributed by atoms with Crippen LogP contribution in [-0.2, 0) is 0 Å². The number of halogens is 1. The summed E-state index contributed by atoms with van der Waals surface area (Å²) in [6.07, 6.45) is 7.23. The molecule has 1 aliphatic rings. The molecule has 1 fully saturated rings. The lowest BCUT2D eigenvalue weighted by molar-refractivity contribution is 0.102. The molecule has 9 heteroatoms. The second kappa shape index (κ2) is 11.6. The lowest BCUT2D eigenvalue weighted by Crippen LogP contribution is -2.37. The van der Waals surface area contributed by atoms with E-state index in [0.717, 1.165) is 36.1 Å². The standard InChI is InChI=1S/C30H32ClN5O3/c1-18-12-19(2)14-20(13-18)27-28(39-11-8-21-6-4-5-10-36(21)3)22-15-26(23(31)16-25(22)34-30(27)38)35-29(37)24-7-9-32-17-33-24/h7,9,12-17,21H,4-6,8,10-11H2,1-3H3,(H,34,38)(H,35,37)/t21-/m0/s1. The maximum atomic E-state index is 13.5. The van der Waals surface area contributed by atoms with Crippen molar-refractivity contribution in [1.29, 1.82) is 0 Å². The Morgan fingerprint density at radius 2 is 1.97 bits per heavy atom. The van der Waals surface area contributed by atoms with Crippen molar-refractivity contribution in [1.82, 2.24) is 19.9 Å². The normalized spacial score (nSPS) is 15.8. The van der Waals surface area contributed by atoms with Crippen LogP contribution in [-0.4, -0.2) is 52.0 Å². The number of carbonyl (C=O) groups excluding carboxylic acids is 1. The minimum absolute atomic E-state index is 0.214. The fourth-order valence-corrected chi connectivity index (χ4v) is 5.54. The molecule has 5 rings (SSSR count). The topological polar surface area (TPSA) is 100 Å². The van der Waals surface area contributed by atoms with Crippen molar-refractivity contribution in [2.24, 2.45) is 0 Å². The monoisotopic (exact) mass is 545 g/mol. The first-order valence-electron chi connectivity index (χ1n) is 13.2. The molecule has 0 unspecified atom stereocenters. The van der Waals surface area contributed by atoms with Gasteiger partial charge in [0.25, 0.3) is 11.5 Å². The van der Waals surface area contributed by atoms with Gasteiger partial charge in [0.05, 0.1) is 28.4 Å². The molecule has 1 atom stereocenters. The largest absolute Gasteiger partial charge is 0.492 e. The number of aryl methyl sites for hydroxylation is 2. The Kier molecular flexibility index (Phi) is 7.95. The minimum Gasteiger partial charge on any atom is -0.492 e. The number of benzene rings is 2. The van der Waals surface area contributed by atoms with E-state index >= 15 is 0 Å². The van der Waals surface area contributed by atoms with Gasteiger partial charge in [-0.25, -0.2) is 9.97 Å². The predicted molar refractivity (Wildman–Crippen MR) is 155 cm³/mol. The zero-order valence-electron chi connectivity index (χ0n) is 22.4. The van der Waals surface area contributed by atoms with E-state index in [1.165, 1.54) is 31.4 Å². The molecule has 1 aliphatic heterocycles. The van der Waals surface area contributed by atoms with Crippen LogP contribution < -0.4 is 15.6 Å². The van der Waals surface area contributed by atoms with Gasteiger partial charge in [-0.1, -0.05) is 47.3 Å². The predicted octanol–water partition coefficient (Wildman–Crippen LogP) is 5.76. The molecule has 0 radical (unpaired) electrons. The maximum Gasteiger partial charge on any atom is 0.274 e. The highest BCUT2D eigenvalue weighted by molar-refractivity contribution is 6.34. The van der Waals surface area contributed by atoms with Crippen LogP contribution in [0.5, 0.6) is 5.75 Å². The molecule has 1 saturated heterocycles. The summed E-state index contributed by atoms with van der Waals surface area (Å²) >= 11 is 6.54. The van der Waals surface area contributed by atoms with Crippen LogP contribution in [0.3, 0.4) is 0 Å². The van der Waals surface area contributed by atoms with E-state index in [2.05, 4.69) is 38.3 Å². The minimum atomic E-state index is -0.416. The number of amides is 1. The number of nitrogens with zero attached hydrogens (tertiary/aromatic N) is 3. The third-order valence-corrected chi connectivity index (χ3v) is 7.56. The van der Waals surface area contributed by atoms with E-state index in [-0.39, 0.29) is 16.3 Å². The molecule has 2 N–H and O–H groups in total. The highest BCUT2D eigenvalue weighted by atomic mass is 35.5. The number of anilines is 1. The summed E-state index contributed by atoms with van der Waals surface area (Å²) < 4.78 is 6.48. The first kappa shape index (κ1) is 26.8. The van der Waals surface area contributed by atoms with Gasteiger partial charge < -0.3 is 19.9 Å². The molecular formula is C30H32ClN5O3. The van der Waals surface area contributed by atoms with Crippen LogP contribution in [0, 0.1) is 13.8 Å². The van der Waals surface area contributed by atoms with Crippen molar-refractivity contribution in [3.8, 4) is 16.9 Å². The summed E-state index contributed by atoms with van der Waals surface area (Å²) in [6.45, 7) is 5.55. The number of aromatic amines is 1. The number of ether oxygens (including phenoxy) is 1. The van der Waals surface area contributed by atoms with Crippen LogP contribution in [0.4, 0.5) is 5.69 Å². The van der Waals surface area contributed by atoms with Gasteiger partial charge in [0.2, 0.25) is 0 Å². The van der Waals surface area contributed by atoms with Crippen molar-refractivity contribution >= 4 is 34.1 Å². The zero-order valence-corrected chi connectivity index (χ0v) is 23.1. The van der Waals surface area contributed by atoms with Crippen LogP contribution in [0.15, 0.2) is 53.7 Å². The Labute approximate surface area is 232 Å². The number of aromatic nitrogens is 3. The van der Waals surface area contributed by atoms with E-state index in [1.54, 1.807) is 12.1 Å². The first-order valence-corrected chi connectivity index (χ1v) is 13.6. The lowest BCUT2D eigenvalue weighted by atomic mass is 9.98. The number of piperidine rings is 1. The summed E-state index contributed by atoms with van der Waals surface area (Å²) in [5.41, 5.74) is 4.22. The van der Waals surface area contributed by atoms with Gasteiger partial charge in [-0.05, 0) is 70.5 Å². The number of H-pyrrole nitrogens is 1. The number of nitrogens with one attached hydrogen (secondary N) is 2. The molecular weight excluding hydrogens is 514 g/mol. The Bertz CT molecular complexity index is 1550. The van der Waals surface area contributed by atoms with Crippen LogP contribution in [0.1, 0.15) is 47.3 Å². The molecule has 0 spiro atoms. The summed E-state index contributed by atoms with van der Waals surface area (Å²) in [6, 6.07) is 11.4. The summed E-state index contributed by atoms with van der Waals surface area (Å²) in [5, 5.41) is 3.78. The van der Waals surface area contributed by atoms with E-state index in [9.17, 15) is 9.59 Å². The highest BCUT2D eigenvalue weighted by Gasteiger charge is 2.22. The Hall–Kier alpha value is -3.75. The third kappa shape index (κ3) is 5.97. The number of rotatable bonds is 7. The molecule has 0 aliphatic carbocycles. The second-order valence-electron chi connectivity index (χ2n) is 10.2. The first-order chi connectivity index (χ1) is 18.8. The molecule has 39 heavy (non-hydrogen) atoms. The van der Waals surface area contributed by atoms with E-state index < -0.39 is 5.91 Å². The molecule has 3 heterocycles. The third-order valence-electron chi connectivity index (χ3n) is 7.25. The number of fused-ring (bicyclic) bond motifs is 1. The van der Waals surface area contributed by atoms with Crippen molar-refractivity contribution in [2.75, 3.05) is 25.5 Å². The zero-order chi connectivity index (χ0) is 27.5. The maximum absolute atomic E-state index is 13.5. The van der Waals surface area contributed by atoms with Crippen LogP contribution >= 0.6 is 11.6 Å². The number of pyridine rings is 1. The highest BCUT2D eigenvalue weighted by Crippen LogP contribution is 2.38. The van der Waals surface area contributed by atoms with Gasteiger partial charge >= 0.3 is 0 Å². The molecule has 4 aromatic rings. The number of carbonyl (C=O) groups is 1. The van der Waals surface area contributed by atoms with Gasteiger partial charge in [-0.15, -0.1) is 0 Å². The second-order valence-corrected chi connectivity index (χ2v) is 10.6. The van der Waals surface area contributed by atoms with Gasteiger partial charge in [0.15, 0.2) is 0 Å². The Morgan fingerprint density at radius 3 is 2.69 bits per heavy atom. The quantitative estimate of drug-likeness (QED) is 0.306. The summed E-state index contributed by atoms with van der Waals surface area (Å²) in [5.74, 6) is 0.0619. The average molecular weight is 546 g/mol. The fraction of sp³-hybridized carbons (Fsp3) is 0.333. The smallest absolute Gasteiger partial charge is 0.274 e. The molecule has 202 valence electrons. The van der Waals surface area contributed by atoms with Crippen molar-refractivity contribution in [2.45, 2.75) is 45.6 Å². The van der Waals surface area contributed by atoms with Crippen molar-refractivity contribution in [3.05, 3.63) is 81.1 Å². The van der Waals surface area contributed by atoms with Crippen LogP contribution in [0.25, 0.3) is 22.0 Å². The average Bonchev–Trinajstić information content (AvgIpc) is 2.90. The summed E-state index contributed by atoms with van der Waals surface area (Å²) in [7, 11) is 2.15. The van der Waals surface area contributed by atoms with E-state index in [1.807, 2.05) is 26.0 Å². The number of hydrogen-bond donors (Lipinski definition) is 2. The number of hydrogen-bond acceptors (Lipinski definition) is 6. The van der Waals surface area contributed by atoms with Gasteiger partial charge in [0, 0.05) is 17.6 Å². The van der Waals surface area contributed by atoms with Gasteiger partial charge in [-0.2, -0.15) is 0 Å². The molecule has 0 bridgehead atoms. The summed E-state index contributed by atoms with van der Waals surface area (Å²) in [4.78, 5) is 39.5. The number of likely N-dealkylation sites (tertiary alicyclic amines) is 1. The molecule has 1 amide bonds. The van der Waals surface area contributed by atoms with Crippen molar-refractivity contribution < 1.29 is 9.53 Å². The lowest BCUT2D eigenvalue weighted by Gasteiger charge is -2.32. The van der Waals surface area contributed by atoms with Gasteiger partial charge in [0.1, 0.15) is 17.8 Å². The van der Waals surface area contributed by atoms with E-state index in [4.69, 9.17) is 16.3 Å². The van der Waals surface area contributed by atoms with Gasteiger partial charge in [-0.3, -0.25) is 9.59 Å². The fourth-order valence-electron chi connectivity index (χ4n) is 5.33. The Morgan fingerprint density at radius 1 is 1.18 bits per heavy atom. The SMILES string of the molecule is Cc1cc(C)cc(-c2c(OCC[C@@H]3CCCCN3C)c3cc(NC(=O)c4ccncn4)c(Cl)cc3[nH]c2=O)c1. The Balaban J connectivity index is 1.58. The molecule has 0 saturated carbocycles.